The molecule has 2 aromatic heterocycles. The van der Waals surface area contributed by atoms with Crippen LogP contribution in [0, 0.1) is 0 Å². The number of carbonyl (C=O) groups is 1. The molecule has 0 bridgehead atoms. The number of nitrogens with one attached hydrogen (secondary N) is 1. The van der Waals surface area contributed by atoms with E-state index in [0.29, 0.717) is 9.99 Å². The molecule has 1 aromatic carbocycles. The molecule has 0 saturated carbocycles. The van der Waals surface area contributed by atoms with Crippen molar-refractivity contribution in [2.24, 2.45) is 0 Å². The Bertz CT molecular complexity index is 1020. The zero-order valence-electron chi connectivity index (χ0n) is 13.0. The molecule has 0 fully saturated rings. The zero-order chi connectivity index (χ0) is 18.1. The van der Waals surface area contributed by atoms with Crippen LogP contribution in [0.15, 0.2) is 51.0 Å². The van der Waals surface area contributed by atoms with E-state index in [0.717, 1.165) is 5.56 Å². The number of fused-ring (bicyclic) bond motifs is 1. The lowest BCUT2D eigenvalue weighted by Gasteiger charge is -2.14. The van der Waals surface area contributed by atoms with Crippen LogP contribution in [-0.4, -0.2) is 20.3 Å². The molecule has 5 nitrogen and oxygen atoms in total. The molecule has 0 saturated heterocycles. The molecule has 1 N–H and O–H groups in total. The van der Waals surface area contributed by atoms with Crippen molar-refractivity contribution in [3.8, 4) is 0 Å². The Labute approximate surface area is 159 Å². The number of ketones is 1. The molecule has 0 amide bonds. The molecule has 2 heterocycles. The number of carbonyl (C=O) groups excluding carboxylic acids is 1. The second kappa shape index (κ2) is 7.29. The topological polar surface area (TPSA) is 85.9 Å². The lowest BCUT2D eigenvalue weighted by Crippen LogP contribution is -2.22. The highest BCUT2D eigenvalue weighted by atomic mass is 79.9. The van der Waals surface area contributed by atoms with Gasteiger partial charge in [-0.25, -0.2) is 0 Å². The van der Waals surface area contributed by atoms with Gasteiger partial charge in [-0.15, -0.1) is 0 Å². The van der Waals surface area contributed by atoms with Crippen LogP contribution in [0.2, 0.25) is 5.02 Å². The fourth-order valence-corrected chi connectivity index (χ4v) is 4.47. The van der Waals surface area contributed by atoms with Crippen molar-refractivity contribution in [3.63, 3.8) is 0 Å². The molecule has 3 aromatic rings. The Hall–Kier alpha value is -1.67. The van der Waals surface area contributed by atoms with E-state index in [4.69, 9.17) is 11.6 Å². The minimum atomic E-state index is -1.63. The Kier molecular flexibility index (Phi) is 5.29. The third kappa shape index (κ3) is 3.50. The van der Waals surface area contributed by atoms with Crippen molar-refractivity contribution < 1.29 is 9.35 Å². The van der Waals surface area contributed by atoms with E-state index in [-0.39, 0.29) is 26.8 Å². The highest BCUT2D eigenvalue weighted by molar-refractivity contribution is 9.10. The van der Waals surface area contributed by atoms with Gasteiger partial charge < -0.3 is 9.54 Å². The number of hydrogen-bond donors (Lipinski definition) is 1. The van der Waals surface area contributed by atoms with Crippen LogP contribution in [0.5, 0.6) is 0 Å². The number of aromatic nitrogens is 2. The summed E-state index contributed by atoms with van der Waals surface area (Å²) in [4.78, 5) is 31.8. The number of halogens is 2. The van der Waals surface area contributed by atoms with Gasteiger partial charge >= 0.3 is 0 Å². The van der Waals surface area contributed by atoms with Gasteiger partial charge in [-0.05, 0) is 41.1 Å². The Morgan fingerprint density at radius 2 is 2.16 bits per heavy atom. The van der Waals surface area contributed by atoms with Gasteiger partial charge in [0.2, 0.25) is 10.5 Å². The number of benzene rings is 1. The van der Waals surface area contributed by atoms with Gasteiger partial charge in [-0.1, -0.05) is 17.7 Å². The minimum absolute atomic E-state index is 0.0943. The summed E-state index contributed by atoms with van der Waals surface area (Å²) < 4.78 is 13.4. The number of hydrogen-bond acceptors (Lipinski definition) is 4. The lowest BCUT2D eigenvalue weighted by molar-refractivity contribution is 0.101. The maximum absolute atomic E-state index is 12.8. The van der Waals surface area contributed by atoms with Crippen molar-refractivity contribution in [1.29, 1.82) is 0 Å². The standard InChI is InChI=1S/C17H12BrClN2O3S/c1-9(22)13-16(23)14-12(19)5-4-11(18)15(14)21-17(13)25(24)8-10-3-2-6-20-7-10/h2-7H,8H2,1H3,(H,21,23). The van der Waals surface area contributed by atoms with Crippen molar-refractivity contribution in [2.75, 3.05) is 0 Å². The molecule has 0 radical (unpaired) electrons. The average molecular weight is 440 g/mol. The number of Topliss-reactive ketones (excluding diaryl/α,β-unsaturated/α-hetero) is 1. The SMILES string of the molecule is CC(=O)c1c([S+]([O-])Cc2cccnc2)[nH]c2c(Br)ccc(Cl)c2c1=O. The van der Waals surface area contributed by atoms with Gasteiger partial charge in [0.15, 0.2) is 5.78 Å². The number of aromatic amines is 1. The van der Waals surface area contributed by atoms with Crippen LogP contribution < -0.4 is 5.43 Å². The highest BCUT2D eigenvalue weighted by Crippen LogP contribution is 2.29. The van der Waals surface area contributed by atoms with Crippen LogP contribution in [-0.2, 0) is 16.9 Å². The number of nitrogens with zero attached hydrogens (tertiary/aromatic N) is 1. The summed E-state index contributed by atoms with van der Waals surface area (Å²) in [5.74, 6) is -0.331. The van der Waals surface area contributed by atoms with Gasteiger partial charge in [0.25, 0.3) is 0 Å². The lowest BCUT2D eigenvalue weighted by atomic mass is 10.1. The third-order valence-corrected chi connectivity index (χ3v) is 5.96. The van der Waals surface area contributed by atoms with Crippen LogP contribution in [0.25, 0.3) is 10.9 Å². The second-order valence-corrected chi connectivity index (χ2v) is 7.99. The largest absolute Gasteiger partial charge is 0.610 e. The summed E-state index contributed by atoms with van der Waals surface area (Å²) in [6.07, 6.45) is 3.21. The van der Waals surface area contributed by atoms with Crippen LogP contribution in [0.1, 0.15) is 22.8 Å². The molecule has 0 aliphatic rings. The molecule has 25 heavy (non-hydrogen) atoms. The van der Waals surface area contributed by atoms with E-state index in [9.17, 15) is 14.1 Å². The monoisotopic (exact) mass is 438 g/mol. The molecule has 0 aliphatic heterocycles. The predicted molar refractivity (Wildman–Crippen MR) is 102 cm³/mol. The summed E-state index contributed by atoms with van der Waals surface area (Å²) in [5, 5.41) is 0.520. The normalized spacial score (nSPS) is 12.3. The van der Waals surface area contributed by atoms with Gasteiger partial charge in [-0.3, -0.25) is 14.6 Å². The van der Waals surface area contributed by atoms with Crippen molar-refractivity contribution in [2.45, 2.75) is 17.7 Å². The molecule has 8 heteroatoms. The third-order valence-electron chi connectivity index (χ3n) is 3.62. The van der Waals surface area contributed by atoms with Crippen LogP contribution >= 0.6 is 27.5 Å². The molecule has 0 aliphatic carbocycles. The summed E-state index contributed by atoms with van der Waals surface area (Å²) in [6, 6.07) is 6.77. The van der Waals surface area contributed by atoms with Crippen molar-refractivity contribution >= 4 is 55.4 Å². The Balaban J connectivity index is 2.23. The average Bonchev–Trinajstić information content (AvgIpc) is 2.58. The van der Waals surface area contributed by atoms with Crippen LogP contribution in [0.3, 0.4) is 0 Å². The molecular weight excluding hydrogens is 428 g/mol. The van der Waals surface area contributed by atoms with E-state index in [1.807, 2.05) is 0 Å². The molecular formula is C17H12BrClN2O3S. The predicted octanol–water partition coefficient (Wildman–Crippen LogP) is 3.85. The van der Waals surface area contributed by atoms with Crippen molar-refractivity contribution in [3.05, 3.63) is 67.5 Å². The summed E-state index contributed by atoms with van der Waals surface area (Å²) in [6.45, 7) is 1.27. The first-order valence-corrected chi connectivity index (χ1v) is 9.71. The first-order valence-electron chi connectivity index (χ1n) is 7.22. The smallest absolute Gasteiger partial charge is 0.238 e. The first kappa shape index (κ1) is 18.1. The van der Waals surface area contributed by atoms with Crippen molar-refractivity contribution in [1.82, 2.24) is 9.97 Å². The van der Waals surface area contributed by atoms with Gasteiger partial charge in [0.1, 0.15) is 11.3 Å². The zero-order valence-corrected chi connectivity index (χ0v) is 16.2. The summed E-state index contributed by atoms with van der Waals surface area (Å²) in [7, 11) is 0. The van der Waals surface area contributed by atoms with Gasteiger partial charge in [0.05, 0.1) is 15.9 Å². The number of rotatable bonds is 4. The molecule has 1 atom stereocenters. The quantitative estimate of drug-likeness (QED) is 0.494. The minimum Gasteiger partial charge on any atom is -0.610 e. The maximum atomic E-state index is 12.8. The van der Waals surface area contributed by atoms with E-state index in [2.05, 4.69) is 25.9 Å². The number of pyridine rings is 2. The van der Waals surface area contributed by atoms with E-state index >= 15 is 0 Å². The van der Waals surface area contributed by atoms with Gasteiger partial charge in [0, 0.05) is 33.6 Å². The van der Waals surface area contributed by atoms with E-state index in [1.165, 1.54) is 6.92 Å². The fourth-order valence-electron chi connectivity index (χ4n) is 2.50. The first-order chi connectivity index (χ1) is 11.9. The highest BCUT2D eigenvalue weighted by Gasteiger charge is 2.27. The second-order valence-electron chi connectivity index (χ2n) is 5.34. The Morgan fingerprint density at radius 3 is 2.80 bits per heavy atom. The summed E-state index contributed by atoms with van der Waals surface area (Å²) in [5.41, 5.74) is 0.496. The fraction of sp³-hybridized carbons (Fsp3) is 0.118. The van der Waals surface area contributed by atoms with Gasteiger partial charge in [-0.2, -0.15) is 0 Å². The molecule has 3 rings (SSSR count). The summed E-state index contributed by atoms with van der Waals surface area (Å²) >= 11 is 7.86. The maximum Gasteiger partial charge on any atom is 0.238 e. The molecule has 0 spiro atoms. The van der Waals surface area contributed by atoms with Crippen LogP contribution in [0.4, 0.5) is 0 Å². The Morgan fingerprint density at radius 1 is 1.40 bits per heavy atom. The molecule has 1 unspecified atom stereocenters. The number of H-pyrrole nitrogens is 1. The van der Waals surface area contributed by atoms with E-state index in [1.54, 1.807) is 36.7 Å². The van der Waals surface area contributed by atoms with E-state index < -0.39 is 22.4 Å². The molecule has 128 valence electrons.